The van der Waals surface area contributed by atoms with E-state index in [1.165, 1.54) is 25.9 Å². The Balaban J connectivity index is 1.80. The van der Waals surface area contributed by atoms with E-state index in [9.17, 15) is 4.39 Å². The van der Waals surface area contributed by atoms with E-state index in [4.69, 9.17) is 5.73 Å². The van der Waals surface area contributed by atoms with Gasteiger partial charge in [0.1, 0.15) is 5.67 Å². The monoisotopic (exact) mass is 229 g/mol. The topological polar surface area (TPSA) is 32.5 Å². The summed E-state index contributed by atoms with van der Waals surface area (Å²) in [7, 11) is 2.17. The Kier molecular flexibility index (Phi) is 3.82. The highest BCUT2D eigenvalue weighted by molar-refractivity contribution is 4.90. The van der Waals surface area contributed by atoms with Gasteiger partial charge in [-0.3, -0.25) is 0 Å². The molecule has 16 heavy (non-hydrogen) atoms. The van der Waals surface area contributed by atoms with Crippen LogP contribution in [0.5, 0.6) is 0 Å². The van der Waals surface area contributed by atoms with Crippen molar-refractivity contribution in [3.8, 4) is 0 Å². The molecule has 2 fully saturated rings. The van der Waals surface area contributed by atoms with E-state index in [-0.39, 0.29) is 6.54 Å². The molecule has 2 aliphatic heterocycles. The highest BCUT2D eigenvalue weighted by Crippen LogP contribution is 2.28. The molecule has 2 aliphatic rings. The maximum atomic E-state index is 13.9. The van der Waals surface area contributed by atoms with E-state index in [0.29, 0.717) is 18.9 Å². The Morgan fingerprint density at radius 2 is 1.75 bits per heavy atom. The lowest BCUT2D eigenvalue weighted by molar-refractivity contribution is 0.0277. The van der Waals surface area contributed by atoms with Gasteiger partial charge in [-0.2, -0.15) is 0 Å². The zero-order valence-corrected chi connectivity index (χ0v) is 10.3. The second kappa shape index (κ2) is 4.98. The van der Waals surface area contributed by atoms with E-state index in [1.54, 1.807) is 0 Å². The van der Waals surface area contributed by atoms with Crippen molar-refractivity contribution < 1.29 is 4.39 Å². The van der Waals surface area contributed by atoms with Crippen molar-refractivity contribution >= 4 is 0 Å². The van der Waals surface area contributed by atoms with Crippen LogP contribution in [0, 0.1) is 0 Å². The SMILES string of the molecule is CN1CCC(N2CCC(F)(CN)CC2)CC1. The van der Waals surface area contributed by atoms with Gasteiger partial charge in [-0.25, -0.2) is 4.39 Å². The molecule has 0 aromatic carbocycles. The Morgan fingerprint density at radius 3 is 2.25 bits per heavy atom. The molecule has 3 nitrogen and oxygen atoms in total. The van der Waals surface area contributed by atoms with Crippen LogP contribution in [0.25, 0.3) is 0 Å². The van der Waals surface area contributed by atoms with Crippen molar-refractivity contribution in [1.29, 1.82) is 0 Å². The number of piperidine rings is 2. The number of hydrogen-bond donors (Lipinski definition) is 1. The zero-order chi connectivity index (χ0) is 11.6. The summed E-state index contributed by atoms with van der Waals surface area (Å²) in [6, 6.07) is 0.679. The molecule has 0 saturated carbocycles. The predicted octanol–water partition coefficient (Wildman–Crippen LogP) is 0.843. The molecule has 0 amide bonds. The number of alkyl halides is 1. The quantitative estimate of drug-likeness (QED) is 0.762. The van der Waals surface area contributed by atoms with Crippen molar-refractivity contribution in [1.82, 2.24) is 9.80 Å². The second-order valence-electron chi connectivity index (χ2n) is 5.43. The predicted molar refractivity (Wildman–Crippen MR) is 64.2 cm³/mol. The van der Waals surface area contributed by atoms with Gasteiger partial charge in [-0.05, 0) is 45.8 Å². The molecular weight excluding hydrogens is 205 g/mol. The first-order chi connectivity index (χ1) is 7.63. The van der Waals surface area contributed by atoms with Crippen LogP contribution in [0.2, 0.25) is 0 Å². The lowest BCUT2D eigenvalue weighted by Crippen LogP contribution is -2.51. The molecule has 2 saturated heterocycles. The highest BCUT2D eigenvalue weighted by Gasteiger charge is 2.35. The van der Waals surface area contributed by atoms with Crippen LogP contribution in [0.4, 0.5) is 4.39 Å². The fourth-order valence-electron chi connectivity index (χ4n) is 2.85. The average Bonchev–Trinajstić information content (AvgIpc) is 2.32. The summed E-state index contributed by atoms with van der Waals surface area (Å²) in [5, 5.41) is 0. The summed E-state index contributed by atoms with van der Waals surface area (Å²) >= 11 is 0. The third-order valence-electron chi connectivity index (χ3n) is 4.26. The normalized spacial score (nSPS) is 29.4. The molecule has 2 heterocycles. The molecular formula is C12H24FN3. The van der Waals surface area contributed by atoms with Gasteiger partial charge in [0, 0.05) is 25.7 Å². The first kappa shape index (κ1) is 12.3. The smallest absolute Gasteiger partial charge is 0.125 e. The first-order valence-corrected chi connectivity index (χ1v) is 6.44. The summed E-state index contributed by atoms with van der Waals surface area (Å²) in [5.74, 6) is 0. The van der Waals surface area contributed by atoms with Crippen LogP contribution in [-0.2, 0) is 0 Å². The molecule has 0 aromatic heterocycles. The van der Waals surface area contributed by atoms with Gasteiger partial charge in [0.25, 0.3) is 0 Å². The Bertz CT molecular complexity index is 218. The minimum atomic E-state index is -1.08. The molecule has 2 N–H and O–H groups in total. The van der Waals surface area contributed by atoms with Crippen molar-refractivity contribution in [2.75, 3.05) is 39.8 Å². The maximum Gasteiger partial charge on any atom is 0.125 e. The Morgan fingerprint density at radius 1 is 1.19 bits per heavy atom. The molecule has 2 rings (SSSR count). The molecule has 94 valence electrons. The van der Waals surface area contributed by atoms with E-state index in [1.807, 2.05) is 0 Å². The van der Waals surface area contributed by atoms with Gasteiger partial charge >= 0.3 is 0 Å². The molecule has 0 radical (unpaired) electrons. The average molecular weight is 229 g/mol. The fraction of sp³-hybridized carbons (Fsp3) is 1.00. The molecule has 0 aromatic rings. The van der Waals surface area contributed by atoms with Gasteiger partial charge in [0.2, 0.25) is 0 Å². The lowest BCUT2D eigenvalue weighted by Gasteiger charge is -2.42. The number of likely N-dealkylation sites (tertiary alicyclic amines) is 2. The summed E-state index contributed by atoms with van der Waals surface area (Å²) < 4.78 is 13.9. The van der Waals surface area contributed by atoms with Crippen molar-refractivity contribution in [3.63, 3.8) is 0 Å². The third-order valence-corrected chi connectivity index (χ3v) is 4.26. The van der Waals surface area contributed by atoms with Crippen LogP contribution < -0.4 is 5.73 Å². The van der Waals surface area contributed by atoms with E-state index < -0.39 is 5.67 Å². The number of nitrogens with zero attached hydrogens (tertiary/aromatic N) is 2. The van der Waals surface area contributed by atoms with Crippen molar-refractivity contribution in [2.24, 2.45) is 5.73 Å². The number of hydrogen-bond acceptors (Lipinski definition) is 3. The molecule has 0 bridgehead atoms. The summed E-state index contributed by atoms with van der Waals surface area (Å²) in [6.45, 7) is 4.33. The lowest BCUT2D eigenvalue weighted by atomic mass is 9.91. The Hall–Kier alpha value is -0.190. The van der Waals surface area contributed by atoms with Crippen LogP contribution in [-0.4, -0.2) is 61.3 Å². The second-order valence-corrected chi connectivity index (χ2v) is 5.43. The number of halogens is 1. The van der Waals surface area contributed by atoms with Crippen LogP contribution >= 0.6 is 0 Å². The third kappa shape index (κ3) is 2.73. The van der Waals surface area contributed by atoms with Gasteiger partial charge in [-0.1, -0.05) is 0 Å². The van der Waals surface area contributed by atoms with Gasteiger partial charge in [0.15, 0.2) is 0 Å². The van der Waals surface area contributed by atoms with E-state index in [0.717, 1.165) is 13.1 Å². The molecule has 4 heteroatoms. The number of nitrogens with two attached hydrogens (primary N) is 1. The molecule has 0 aliphatic carbocycles. The van der Waals surface area contributed by atoms with Crippen molar-refractivity contribution in [2.45, 2.75) is 37.4 Å². The standard InChI is InChI=1S/C12H24FN3/c1-15-6-2-11(3-7-15)16-8-4-12(13,10-14)5-9-16/h11H,2-10,14H2,1H3. The summed E-state index contributed by atoms with van der Waals surface area (Å²) in [5.41, 5.74) is 4.40. The fourth-order valence-corrected chi connectivity index (χ4v) is 2.85. The van der Waals surface area contributed by atoms with E-state index in [2.05, 4.69) is 16.8 Å². The maximum absolute atomic E-state index is 13.9. The van der Waals surface area contributed by atoms with Gasteiger partial charge < -0.3 is 15.5 Å². The molecule has 0 spiro atoms. The van der Waals surface area contributed by atoms with E-state index >= 15 is 0 Å². The first-order valence-electron chi connectivity index (χ1n) is 6.44. The Labute approximate surface area is 97.8 Å². The summed E-state index contributed by atoms with van der Waals surface area (Å²) in [6.07, 6.45) is 3.71. The molecule has 0 atom stereocenters. The van der Waals surface area contributed by atoms with Gasteiger partial charge in [-0.15, -0.1) is 0 Å². The van der Waals surface area contributed by atoms with Gasteiger partial charge in [0.05, 0.1) is 0 Å². The highest BCUT2D eigenvalue weighted by atomic mass is 19.1. The van der Waals surface area contributed by atoms with Crippen LogP contribution in [0.15, 0.2) is 0 Å². The zero-order valence-electron chi connectivity index (χ0n) is 10.3. The number of rotatable bonds is 2. The van der Waals surface area contributed by atoms with Crippen LogP contribution in [0.1, 0.15) is 25.7 Å². The molecule has 0 unspecified atom stereocenters. The largest absolute Gasteiger partial charge is 0.328 e. The van der Waals surface area contributed by atoms with Crippen molar-refractivity contribution in [3.05, 3.63) is 0 Å². The minimum Gasteiger partial charge on any atom is -0.328 e. The van der Waals surface area contributed by atoms with Crippen LogP contribution in [0.3, 0.4) is 0 Å². The summed E-state index contributed by atoms with van der Waals surface area (Å²) in [4.78, 5) is 4.85. The minimum absolute atomic E-state index is 0.189.